The van der Waals surface area contributed by atoms with Gasteiger partial charge in [0.15, 0.2) is 5.78 Å². The van der Waals surface area contributed by atoms with Gasteiger partial charge in [-0.15, -0.1) is 0 Å². The monoisotopic (exact) mass is 360 g/mol. The first kappa shape index (κ1) is 19.0. The van der Waals surface area contributed by atoms with Gasteiger partial charge in [-0.2, -0.15) is 0 Å². The number of rotatable bonds is 8. The molecule has 138 valence electrons. The number of aromatic amines is 1. The molecule has 0 bridgehead atoms. The fraction of sp³-hybridized carbons (Fsp3) is 0.278. The third kappa shape index (κ3) is 4.62. The lowest BCUT2D eigenvalue weighted by Gasteiger charge is -2.21. The number of amides is 1. The summed E-state index contributed by atoms with van der Waals surface area (Å²) < 4.78 is 10.4. The quantitative estimate of drug-likeness (QED) is 0.697. The van der Waals surface area contributed by atoms with E-state index < -0.39 is 18.4 Å². The molecule has 8 nitrogen and oxygen atoms in total. The lowest BCUT2D eigenvalue weighted by atomic mass is 10.1. The molecule has 0 unspecified atom stereocenters. The van der Waals surface area contributed by atoms with Crippen LogP contribution >= 0.6 is 0 Å². The van der Waals surface area contributed by atoms with Crippen molar-refractivity contribution in [1.82, 2.24) is 9.88 Å². The highest BCUT2D eigenvalue weighted by Crippen LogP contribution is 2.24. The van der Waals surface area contributed by atoms with Crippen LogP contribution in [-0.4, -0.2) is 53.4 Å². The van der Waals surface area contributed by atoms with E-state index in [2.05, 4.69) is 4.98 Å². The van der Waals surface area contributed by atoms with Crippen LogP contribution in [-0.2, 0) is 11.3 Å². The SMILES string of the molecule is COc1cc(CN(CC(=O)O)C(=O)c2cc(C(C)=O)c[nH]2)cc(OC)c1. The molecule has 2 aromatic rings. The van der Waals surface area contributed by atoms with Crippen molar-refractivity contribution in [3.05, 3.63) is 47.3 Å². The molecule has 1 heterocycles. The minimum atomic E-state index is -1.15. The average Bonchev–Trinajstić information content (AvgIpc) is 3.10. The third-order valence-corrected chi connectivity index (χ3v) is 3.72. The molecule has 8 heteroatoms. The molecule has 0 aliphatic carbocycles. The van der Waals surface area contributed by atoms with E-state index in [0.29, 0.717) is 22.6 Å². The van der Waals surface area contributed by atoms with Crippen LogP contribution in [0.2, 0.25) is 0 Å². The topological polar surface area (TPSA) is 109 Å². The summed E-state index contributed by atoms with van der Waals surface area (Å²) >= 11 is 0. The maximum absolute atomic E-state index is 12.7. The molecule has 0 fully saturated rings. The number of carbonyl (C=O) groups excluding carboxylic acids is 2. The van der Waals surface area contributed by atoms with E-state index in [1.54, 1.807) is 18.2 Å². The predicted molar refractivity (Wildman–Crippen MR) is 92.7 cm³/mol. The fourth-order valence-corrected chi connectivity index (χ4v) is 2.43. The number of aliphatic carboxylic acids is 1. The van der Waals surface area contributed by atoms with Gasteiger partial charge < -0.3 is 24.5 Å². The Kier molecular flexibility index (Phi) is 6.00. The van der Waals surface area contributed by atoms with E-state index in [9.17, 15) is 14.4 Å². The highest BCUT2D eigenvalue weighted by molar-refractivity contribution is 5.99. The maximum atomic E-state index is 12.7. The van der Waals surface area contributed by atoms with Crippen molar-refractivity contribution in [2.24, 2.45) is 0 Å². The summed E-state index contributed by atoms with van der Waals surface area (Å²) in [5, 5.41) is 9.15. The van der Waals surface area contributed by atoms with Crippen LogP contribution in [0.1, 0.15) is 33.3 Å². The molecule has 0 saturated carbocycles. The van der Waals surface area contributed by atoms with Gasteiger partial charge in [0.2, 0.25) is 0 Å². The van der Waals surface area contributed by atoms with Crippen molar-refractivity contribution < 1.29 is 29.0 Å². The molecule has 0 saturated heterocycles. The summed E-state index contributed by atoms with van der Waals surface area (Å²) in [6.07, 6.45) is 1.42. The first-order valence-corrected chi connectivity index (χ1v) is 7.76. The second kappa shape index (κ2) is 8.19. The van der Waals surface area contributed by atoms with Gasteiger partial charge in [0.1, 0.15) is 23.7 Å². The van der Waals surface area contributed by atoms with Crippen molar-refractivity contribution in [2.75, 3.05) is 20.8 Å². The summed E-state index contributed by atoms with van der Waals surface area (Å²) in [6.45, 7) is 0.925. The molecule has 0 aliphatic heterocycles. The van der Waals surface area contributed by atoms with Crippen LogP contribution in [0.4, 0.5) is 0 Å². The number of ketones is 1. The lowest BCUT2D eigenvalue weighted by molar-refractivity contribution is -0.137. The minimum Gasteiger partial charge on any atom is -0.497 e. The van der Waals surface area contributed by atoms with Gasteiger partial charge in [0.05, 0.1) is 14.2 Å². The van der Waals surface area contributed by atoms with Crippen molar-refractivity contribution in [3.8, 4) is 11.5 Å². The molecular formula is C18H20N2O6. The molecule has 0 radical (unpaired) electrons. The van der Waals surface area contributed by atoms with Crippen LogP contribution in [0, 0.1) is 0 Å². The highest BCUT2D eigenvalue weighted by Gasteiger charge is 2.21. The zero-order chi connectivity index (χ0) is 19.3. The number of aromatic nitrogens is 1. The summed E-state index contributed by atoms with van der Waals surface area (Å²) in [4.78, 5) is 39.1. The van der Waals surface area contributed by atoms with Crippen LogP contribution in [0.5, 0.6) is 11.5 Å². The van der Waals surface area contributed by atoms with Crippen molar-refractivity contribution in [3.63, 3.8) is 0 Å². The zero-order valence-electron chi connectivity index (χ0n) is 14.7. The number of carbonyl (C=O) groups is 3. The van der Waals surface area contributed by atoms with Crippen LogP contribution < -0.4 is 9.47 Å². The Morgan fingerprint density at radius 2 is 1.69 bits per heavy atom. The molecule has 2 rings (SSSR count). The van der Waals surface area contributed by atoms with E-state index in [1.165, 1.54) is 33.4 Å². The standard InChI is InChI=1S/C18H20N2O6/c1-11(21)13-6-16(19-8-13)18(24)20(10-17(22)23)9-12-4-14(25-2)7-15(5-12)26-3/h4-8,19H,9-10H2,1-3H3,(H,22,23). The van der Waals surface area contributed by atoms with Gasteiger partial charge in [-0.3, -0.25) is 14.4 Å². The zero-order valence-corrected chi connectivity index (χ0v) is 14.7. The van der Waals surface area contributed by atoms with Gasteiger partial charge in [0, 0.05) is 24.4 Å². The van der Waals surface area contributed by atoms with Crippen molar-refractivity contribution >= 4 is 17.7 Å². The Morgan fingerprint density at radius 1 is 1.08 bits per heavy atom. The number of methoxy groups -OCH3 is 2. The maximum Gasteiger partial charge on any atom is 0.323 e. The van der Waals surface area contributed by atoms with E-state index in [0.717, 1.165) is 4.90 Å². The molecule has 0 spiro atoms. The van der Waals surface area contributed by atoms with Crippen LogP contribution in [0.15, 0.2) is 30.5 Å². The number of nitrogens with one attached hydrogen (secondary N) is 1. The number of ether oxygens (including phenoxy) is 2. The molecule has 1 amide bonds. The van der Waals surface area contributed by atoms with E-state index in [4.69, 9.17) is 14.6 Å². The smallest absolute Gasteiger partial charge is 0.323 e. The number of hydrogen-bond donors (Lipinski definition) is 2. The van der Waals surface area contributed by atoms with Gasteiger partial charge >= 0.3 is 5.97 Å². The predicted octanol–water partition coefficient (Wildman–Crippen LogP) is 1.96. The lowest BCUT2D eigenvalue weighted by Crippen LogP contribution is -2.35. The molecule has 2 N–H and O–H groups in total. The van der Waals surface area contributed by atoms with Crippen molar-refractivity contribution in [1.29, 1.82) is 0 Å². The highest BCUT2D eigenvalue weighted by atomic mass is 16.5. The van der Waals surface area contributed by atoms with E-state index in [1.807, 2.05) is 0 Å². The molecule has 0 aliphatic rings. The largest absolute Gasteiger partial charge is 0.497 e. The molecule has 1 aromatic carbocycles. The van der Waals surface area contributed by atoms with E-state index in [-0.39, 0.29) is 18.0 Å². The number of hydrogen-bond acceptors (Lipinski definition) is 5. The Morgan fingerprint density at radius 3 is 2.15 bits per heavy atom. The summed E-state index contributed by atoms with van der Waals surface area (Å²) in [7, 11) is 3.00. The summed E-state index contributed by atoms with van der Waals surface area (Å²) in [5.74, 6) is -0.808. The number of H-pyrrole nitrogens is 1. The number of nitrogens with zero attached hydrogens (tertiary/aromatic N) is 1. The first-order valence-electron chi connectivity index (χ1n) is 7.76. The van der Waals surface area contributed by atoms with Gasteiger partial charge in [-0.05, 0) is 30.7 Å². The molecular weight excluding hydrogens is 340 g/mol. The molecule has 0 atom stereocenters. The number of Topliss-reactive ketones (excluding diaryl/α,β-unsaturated/α-hetero) is 1. The Balaban J connectivity index is 2.30. The fourth-order valence-electron chi connectivity index (χ4n) is 2.43. The van der Waals surface area contributed by atoms with Crippen LogP contribution in [0.3, 0.4) is 0 Å². The van der Waals surface area contributed by atoms with Gasteiger partial charge in [0.25, 0.3) is 5.91 Å². The summed E-state index contributed by atoms with van der Waals surface area (Å²) in [5.41, 5.74) is 1.15. The van der Waals surface area contributed by atoms with E-state index >= 15 is 0 Å². The molecule has 26 heavy (non-hydrogen) atoms. The Labute approximate surface area is 150 Å². The second-order valence-corrected chi connectivity index (χ2v) is 5.63. The van der Waals surface area contributed by atoms with Crippen LogP contribution in [0.25, 0.3) is 0 Å². The van der Waals surface area contributed by atoms with Crippen molar-refractivity contribution in [2.45, 2.75) is 13.5 Å². The second-order valence-electron chi connectivity index (χ2n) is 5.63. The Hall–Kier alpha value is -3.29. The third-order valence-electron chi connectivity index (χ3n) is 3.72. The number of benzene rings is 1. The van der Waals surface area contributed by atoms with Gasteiger partial charge in [-0.1, -0.05) is 0 Å². The average molecular weight is 360 g/mol. The first-order chi connectivity index (χ1) is 12.3. The number of carboxylic acid groups (broad SMARTS) is 1. The number of carboxylic acids is 1. The molecule has 1 aromatic heterocycles. The Bertz CT molecular complexity index is 805. The summed E-state index contributed by atoms with van der Waals surface area (Å²) in [6, 6.07) is 6.48. The normalized spacial score (nSPS) is 10.3. The van der Waals surface area contributed by atoms with Gasteiger partial charge in [-0.25, -0.2) is 0 Å². The minimum absolute atomic E-state index is 0.0348.